The van der Waals surface area contributed by atoms with Crippen molar-refractivity contribution in [1.82, 2.24) is 35.2 Å². The Morgan fingerprint density at radius 3 is 2.33 bits per heavy atom. The van der Waals surface area contributed by atoms with Gasteiger partial charge < -0.3 is 20.4 Å². The molecule has 16 heteroatoms. The summed E-state index contributed by atoms with van der Waals surface area (Å²) < 4.78 is 29.4. The molecule has 2 unspecified atom stereocenters. The molecule has 8 rings (SSSR count). The quantitative estimate of drug-likeness (QED) is 0.187. The van der Waals surface area contributed by atoms with Gasteiger partial charge in [0.05, 0.1) is 17.5 Å². The van der Waals surface area contributed by atoms with E-state index in [2.05, 4.69) is 30.8 Å². The lowest BCUT2D eigenvalue weighted by Crippen LogP contribution is -2.58. The number of carbonyl (C=O) groups is 4. The van der Waals surface area contributed by atoms with Crippen molar-refractivity contribution >= 4 is 39.4 Å². The number of benzene rings is 2. The van der Waals surface area contributed by atoms with Crippen LogP contribution in [0, 0.1) is 12.8 Å². The summed E-state index contributed by atoms with van der Waals surface area (Å²) in [5.74, 6) is -2.88. The number of rotatable bonds is 7. The Hall–Kier alpha value is -5.38. The van der Waals surface area contributed by atoms with E-state index in [0.717, 1.165) is 35.1 Å². The van der Waals surface area contributed by atoms with Gasteiger partial charge in [-0.05, 0) is 56.6 Å². The monoisotopic (exact) mass is 768 g/mol. The molecule has 288 valence electrons. The lowest BCUT2D eigenvalue weighted by molar-refractivity contribution is -0.141. The highest BCUT2D eigenvalue weighted by molar-refractivity contribution is 7.91. The summed E-state index contributed by atoms with van der Waals surface area (Å²) in [6.07, 6.45) is 7.47. The number of nitrogens with zero attached hydrogens (tertiary/aromatic N) is 5. The Balaban J connectivity index is 1.10. The summed E-state index contributed by atoms with van der Waals surface area (Å²) >= 11 is 0. The fraction of sp³-hybridized carbons (Fsp3) is 0.462. The van der Waals surface area contributed by atoms with Gasteiger partial charge in [0.2, 0.25) is 21.8 Å². The number of fused-ring (bicyclic) bond motifs is 5. The molecule has 2 aromatic carbocycles. The molecule has 3 fully saturated rings. The van der Waals surface area contributed by atoms with Crippen LogP contribution in [0.1, 0.15) is 85.1 Å². The molecule has 5 aliphatic rings. The van der Waals surface area contributed by atoms with Gasteiger partial charge in [0, 0.05) is 30.5 Å². The van der Waals surface area contributed by atoms with E-state index in [9.17, 15) is 27.6 Å². The first-order valence-corrected chi connectivity index (χ1v) is 20.5. The van der Waals surface area contributed by atoms with Gasteiger partial charge in [0.25, 0.3) is 11.8 Å². The maximum Gasteiger partial charge on any atom is 0.274 e. The van der Waals surface area contributed by atoms with Crippen molar-refractivity contribution in [2.45, 2.75) is 93.7 Å². The van der Waals surface area contributed by atoms with Crippen LogP contribution in [0.25, 0.3) is 11.1 Å². The number of aryl methyl sites for hydroxylation is 1. The molecule has 3 heterocycles. The van der Waals surface area contributed by atoms with Gasteiger partial charge >= 0.3 is 0 Å². The summed E-state index contributed by atoms with van der Waals surface area (Å²) in [6.45, 7) is 1.69. The van der Waals surface area contributed by atoms with Crippen molar-refractivity contribution in [3.63, 3.8) is 0 Å². The van der Waals surface area contributed by atoms with Crippen molar-refractivity contribution in [2.75, 3.05) is 6.54 Å². The van der Waals surface area contributed by atoms with Gasteiger partial charge in [-0.3, -0.25) is 28.6 Å². The molecular weight excluding hydrogens is 725 g/mol. The smallest absolute Gasteiger partial charge is 0.274 e. The van der Waals surface area contributed by atoms with Crippen LogP contribution in [0.4, 0.5) is 0 Å². The third-order valence-corrected chi connectivity index (χ3v) is 13.2. The van der Waals surface area contributed by atoms with Gasteiger partial charge in [0.15, 0.2) is 5.69 Å². The number of hydrogen-bond acceptors (Lipinski definition) is 10. The maximum absolute atomic E-state index is 14.6. The second kappa shape index (κ2) is 14.4. The normalized spacial score (nSPS) is 26.9. The molecule has 15 nitrogen and oxygen atoms in total. The maximum atomic E-state index is 14.6. The molecule has 55 heavy (non-hydrogen) atoms. The predicted molar refractivity (Wildman–Crippen MR) is 201 cm³/mol. The largest absolute Gasteiger partial charge is 0.390 e. The van der Waals surface area contributed by atoms with E-state index in [-0.39, 0.29) is 25.1 Å². The average molecular weight is 769 g/mol. The van der Waals surface area contributed by atoms with Crippen molar-refractivity contribution in [1.29, 1.82) is 0 Å². The average Bonchev–Trinajstić information content (AvgIpc) is 4.04. The summed E-state index contributed by atoms with van der Waals surface area (Å²) in [5.41, 5.74) is 3.59. The number of oxime groups is 1. The molecule has 0 spiro atoms. The second-order valence-electron chi connectivity index (χ2n) is 15.2. The van der Waals surface area contributed by atoms with E-state index in [4.69, 9.17) is 4.84 Å². The van der Waals surface area contributed by atoms with Crippen LogP contribution in [0.3, 0.4) is 0 Å². The fourth-order valence-electron chi connectivity index (χ4n) is 7.90. The van der Waals surface area contributed by atoms with Crippen LogP contribution in [0.15, 0.2) is 65.8 Å². The van der Waals surface area contributed by atoms with E-state index >= 15 is 0 Å². The van der Waals surface area contributed by atoms with Crippen LogP contribution in [0.5, 0.6) is 0 Å². The molecule has 1 saturated heterocycles. The number of nitrogens with one attached hydrogen (secondary N) is 3. The zero-order chi connectivity index (χ0) is 38.5. The Kier molecular flexibility index (Phi) is 9.55. The lowest BCUT2D eigenvalue weighted by Gasteiger charge is -2.29. The van der Waals surface area contributed by atoms with Crippen molar-refractivity contribution < 1.29 is 32.4 Å². The Morgan fingerprint density at radius 1 is 0.982 bits per heavy atom. The summed E-state index contributed by atoms with van der Waals surface area (Å²) in [4.78, 5) is 63.8. The first kappa shape index (κ1) is 36.6. The van der Waals surface area contributed by atoms with Gasteiger partial charge in [-0.2, -0.15) is 0 Å². The topological polar surface area (TPSA) is 194 Å². The third-order valence-electron chi connectivity index (χ3n) is 11.4. The van der Waals surface area contributed by atoms with E-state index in [0.29, 0.717) is 43.5 Å². The highest BCUT2D eigenvalue weighted by Gasteiger charge is 2.62. The van der Waals surface area contributed by atoms with Gasteiger partial charge in [-0.15, -0.1) is 5.10 Å². The number of aromatic nitrogens is 3. The molecule has 4 amide bonds. The zero-order valence-corrected chi connectivity index (χ0v) is 31.5. The van der Waals surface area contributed by atoms with Crippen LogP contribution >= 0.6 is 0 Å². The van der Waals surface area contributed by atoms with E-state index < -0.39 is 68.5 Å². The number of carbonyl (C=O) groups excluding carboxylic acids is 4. The molecule has 5 atom stereocenters. The number of hydrogen-bond donors (Lipinski definition) is 3. The lowest BCUT2D eigenvalue weighted by atomic mass is 10.0. The zero-order valence-electron chi connectivity index (χ0n) is 30.7. The van der Waals surface area contributed by atoms with Gasteiger partial charge in [0.1, 0.15) is 29.4 Å². The van der Waals surface area contributed by atoms with Crippen LogP contribution in [-0.2, 0) is 36.3 Å². The molecule has 3 aliphatic carbocycles. The predicted octanol–water partition coefficient (Wildman–Crippen LogP) is 2.64. The Labute approximate surface area is 319 Å². The molecule has 3 N–H and O–H groups in total. The van der Waals surface area contributed by atoms with Crippen LogP contribution in [-0.4, -0.2) is 93.2 Å². The van der Waals surface area contributed by atoms with Crippen LogP contribution < -0.4 is 15.4 Å². The summed E-state index contributed by atoms with van der Waals surface area (Å²) in [5, 5.41) is 17.7. The van der Waals surface area contributed by atoms with Crippen molar-refractivity contribution in [3.05, 3.63) is 83.2 Å². The Morgan fingerprint density at radius 2 is 1.67 bits per heavy atom. The second-order valence-corrected chi connectivity index (χ2v) is 17.1. The fourth-order valence-corrected chi connectivity index (χ4v) is 9.26. The minimum atomic E-state index is -3.89. The number of allylic oxidation sites excluding steroid dienone is 1. The van der Waals surface area contributed by atoms with E-state index in [1.54, 1.807) is 14.0 Å². The summed E-state index contributed by atoms with van der Waals surface area (Å²) in [6, 6.07) is 13.6. The highest BCUT2D eigenvalue weighted by Crippen LogP contribution is 2.46. The van der Waals surface area contributed by atoms with Gasteiger partial charge in [-0.1, -0.05) is 83.9 Å². The molecule has 3 aromatic rings. The first-order valence-electron chi connectivity index (χ1n) is 18.9. The SMILES string of the molecule is Cc1c(C(=O)N[C@H]2CCCCC/C=C\C3CC3(C(=O)NS(=O)(=O)C3CC3)NC(=O)[C@@H]3C[C@@H](ON=C4c5ccccc5-c5ccccc54)CN3C2=O)nnn1C. The molecular formula is C39H44N8O7S. The number of sulfonamides is 1. The Bertz CT molecular complexity index is 2180. The standard InChI is InChI=1S/C39H44N8O7S/c1-23-33(42-45-46(23)2)36(49)40-31-17-7-5-3-4-6-12-24-21-39(24,38(51)44-55(52,53)26-18-19-26)41-35(48)32-20-25(22-47(32)37(31)50)54-43-34-29-15-10-8-13-27(29)28-14-9-11-16-30(28)34/h6,8-16,24-26,31-32H,3-5,7,17-22H2,1-2H3,(H,40,49)(H,41,48)(H,44,51)/b12-6-/t24?,25-,31+,32+,39?/m1/s1. The first-order chi connectivity index (χ1) is 26.5. The third kappa shape index (κ3) is 7.03. The highest BCUT2D eigenvalue weighted by atomic mass is 32.2. The summed E-state index contributed by atoms with van der Waals surface area (Å²) in [7, 11) is -2.22. The minimum absolute atomic E-state index is 0.0217. The van der Waals surface area contributed by atoms with Crippen molar-refractivity contribution in [3.8, 4) is 11.1 Å². The molecule has 1 aromatic heterocycles. The minimum Gasteiger partial charge on any atom is -0.390 e. The van der Waals surface area contributed by atoms with E-state index in [1.165, 1.54) is 9.58 Å². The number of amides is 4. The molecule has 0 bridgehead atoms. The molecule has 2 saturated carbocycles. The van der Waals surface area contributed by atoms with Crippen molar-refractivity contribution in [2.24, 2.45) is 18.1 Å². The molecule has 2 aliphatic heterocycles. The molecule has 0 radical (unpaired) electrons. The van der Waals surface area contributed by atoms with Crippen LogP contribution in [0.2, 0.25) is 0 Å². The van der Waals surface area contributed by atoms with Gasteiger partial charge in [-0.25, -0.2) is 8.42 Å². The van der Waals surface area contributed by atoms with E-state index in [1.807, 2.05) is 60.7 Å².